The second-order valence-electron chi connectivity index (χ2n) is 9.77. The van der Waals surface area contributed by atoms with Gasteiger partial charge in [-0.3, -0.25) is 24.0 Å². The molecule has 0 saturated heterocycles. The number of aryl methyl sites for hydroxylation is 1. The van der Waals surface area contributed by atoms with Crippen LogP contribution >= 0.6 is 0 Å². The van der Waals surface area contributed by atoms with Crippen molar-refractivity contribution in [3.63, 3.8) is 0 Å². The highest BCUT2D eigenvalue weighted by Gasteiger charge is 2.52. The minimum atomic E-state index is -5.12. The molecule has 208 valence electrons. The average Bonchev–Trinajstić information content (AvgIpc) is 3.73. The summed E-state index contributed by atoms with van der Waals surface area (Å²) in [5.74, 6) is -2.57. The average molecular weight is 556 g/mol. The molecule has 11 heteroatoms. The molecule has 0 aromatic heterocycles. The Morgan fingerprint density at radius 2 is 1.62 bits per heavy atom. The summed E-state index contributed by atoms with van der Waals surface area (Å²) in [5.41, 5.74) is -0.532. The number of halogens is 4. The van der Waals surface area contributed by atoms with Crippen molar-refractivity contribution in [1.29, 1.82) is 0 Å². The molecule has 3 amide bonds. The molecule has 1 saturated carbocycles. The molecule has 1 aliphatic carbocycles. The van der Waals surface area contributed by atoms with Crippen molar-refractivity contribution in [2.75, 3.05) is 4.90 Å². The van der Waals surface area contributed by atoms with Gasteiger partial charge in [-0.15, -0.1) is 13.2 Å². The normalized spacial score (nSPS) is 18.8. The molecule has 7 nitrogen and oxygen atoms in total. The Morgan fingerprint density at radius 1 is 0.975 bits per heavy atom. The standard InChI is InChI=1S/C29H25F4N3O4/c30-21-12-14-23-20(17-21)11-13-22(25(38)36(23)26(40-29(31,32)33)19-9-5-2-6-10-19)34-27(39)28(15-16-28)35-24(37)18-7-3-1-4-8-18/h1-10,12,14,17,22,26H,11,13,15-16H2,(H,34,39)(H,35,37). The van der Waals surface area contributed by atoms with Crippen molar-refractivity contribution in [2.45, 2.75) is 49.9 Å². The van der Waals surface area contributed by atoms with E-state index < -0.39 is 47.7 Å². The molecule has 2 N–H and O–H groups in total. The van der Waals surface area contributed by atoms with Gasteiger partial charge in [0.25, 0.3) is 11.8 Å². The Balaban J connectivity index is 1.45. The van der Waals surface area contributed by atoms with Crippen molar-refractivity contribution >= 4 is 23.4 Å². The lowest BCUT2D eigenvalue weighted by molar-refractivity contribution is -0.343. The molecule has 0 bridgehead atoms. The largest absolute Gasteiger partial charge is 0.524 e. The van der Waals surface area contributed by atoms with E-state index in [0.29, 0.717) is 18.4 Å². The number of nitrogens with one attached hydrogen (secondary N) is 2. The Labute approximate surface area is 227 Å². The molecule has 2 atom stereocenters. The highest BCUT2D eigenvalue weighted by molar-refractivity contribution is 6.04. The highest BCUT2D eigenvalue weighted by atomic mass is 19.4. The van der Waals surface area contributed by atoms with Gasteiger partial charge >= 0.3 is 6.36 Å². The molecule has 2 unspecified atom stereocenters. The Kier molecular flexibility index (Phi) is 7.33. The van der Waals surface area contributed by atoms with Crippen LogP contribution in [0.4, 0.5) is 23.2 Å². The number of hydrogen-bond acceptors (Lipinski definition) is 4. The maximum atomic E-state index is 14.2. The zero-order valence-corrected chi connectivity index (χ0v) is 21.1. The van der Waals surface area contributed by atoms with Crippen LogP contribution in [0.2, 0.25) is 0 Å². The zero-order valence-electron chi connectivity index (χ0n) is 21.1. The highest BCUT2D eigenvalue weighted by Crippen LogP contribution is 2.40. The number of benzene rings is 3. The van der Waals surface area contributed by atoms with Crippen LogP contribution in [0.25, 0.3) is 0 Å². The smallest absolute Gasteiger partial charge is 0.342 e. The summed E-state index contributed by atoms with van der Waals surface area (Å²) < 4.78 is 59.5. The fourth-order valence-corrected chi connectivity index (χ4v) is 4.80. The number of carbonyl (C=O) groups excluding carboxylic acids is 3. The zero-order chi connectivity index (χ0) is 28.5. The van der Waals surface area contributed by atoms with E-state index in [9.17, 15) is 31.9 Å². The molecule has 0 radical (unpaired) electrons. The third-order valence-corrected chi connectivity index (χ3v) is 6.98. The quantitative estimate of drug-likeness (QED) is 0.411. The fraction of sp³-hybridized carbons (Fsp3) is 0.276. The lowest BCUT2D eigenvalue weighted by atomic mass is 10.0. The molecule has 3 aromatic carbocycles. The lowest BCUT2D eigenvalue weighted by Gasteiger charge is -2.34. The van der Waals surface area contributed by atoms with Crippen LogP contribution in [0.1, 0.15) is 47.0 Å². The maximum absolute atomic E-state index is 14.2. The van der Waals surface area contributed by atoms with Crippen LogP contribution in [0.15, 0.2) is 78.9 Å². The van der Waals surface area contributed by atoms with Crippen molar-refractivity contribution in [1.82, 2.24) is 10.6 Å². The minimum Gasteiger partial charge on any atom is -0.342 e. The SMILES string of the molecule is O=C(NC1(C(=O)NC2CCc3cc(F)ccc3N(C(OC(F)(F)F)c3ccccc3)C2=O)CC1)c1ccccc1. The van der Waals surface area contributed by atoms with E-state index in [0.717, 1.165) is 17.0 Å². The van der Waals surface area contributed by atoms with E-state index in [-0.39, 0.29) is 29.7 Å². The van der Waals surface area contributed by atoms with Crippen LogP contribution in [-0.4, -0.2) is 35.7 Å². The van der Waals surface area contributed by atoms with Gasteiger partial charge in [-0.2, -0.15) is 0 Å². The van der Waals surface area contributed by atoms with Crippen LogP contribution in [0.5, 0.6) is 0 Å². The van der Waals surface area contributed by atoms with Crippen LogP contribution in [-0.2, 0) is 20.7 Å². The number of nitrogens with zero attached hydrogens (tertiary/aromatic N) is 1. The third kappa shape index (κ3) is 5.84. The number of carbonyl (C=O) groups is 3. The summed E-state index contributed by atoms with van der Waals surface area (Å²) in [7, 11) is 0. The number of alkyl halides is 3. The topological polar surface area (TPSA) is 87.7 Å². The lowest BCUT2D eigenvalue weighted by Crippen LogP contribution is -2.56. The number of anilines is 1. The van der Waals surface area contributed by atoms with E-state index in [1.54, 1.807) is 36.4 Å². The third-order valence-electron chi connectivity index (χ3n) is 6.98. The van der Waals surface area contributed by atoms with Gasteiger partial charge in [-0.1, -0.05) is 48.5 Å². The van der Waals surface area contributed by atoms with Gasteiger partial charge in [-0.25, -0.2) is 4.39 Å². The van der Waals surface area contributed by atoms with Gasteiger partial charge in [0, 0.05) is 11.1 Å². The number of amides is 3. The summed E-state index contributed by atoms with van der Waals surface area (Å²) in [6.07, 6.45) is -6.31. The molecule has 5 rings (SSSR count). The second kappa shape index (κ2) is 10.7. The van der Waals surface area contributed by atoms with E-state index in [1.807, 2.05) is 0 Å². The summed E-state index contributed by atoms with van der Waals surface area (Å²) in [6.45, 7) is 0. The van der Waals surface area contributed by atoms with Gasteiger partial charge < -0.3 is 10.6 Å². The predicted octanol–water partition coefficient (Wildman–Crippen LogP) is 4.79. The van der Waals surface area contributed by atoms with E-state index in [4.69, 9.17) is 0 Å². The predicted molar refractivity (Wildman–Crippen MR) is 136 cm³/mol. The van der Waals surface area contributed by atoms with E-state index in [1.165, 1.54) is 30.3 Å². The second-order valence-corrected chi connectivity index (χ2v) is 9.77. The fourth-order valence-electron chi connectivity index (χ4n) is 4.80. The van der Waals surface area contributed by atoms with Gasteiger partial charge in [0.05, 0.1) is 5.69 Å². The number of fused-ring (bicyclic) bond motifs is 1. The monoisotopic (exact) mass is 555 g/mol. The molecule has 40 heavy (non-hydrogen) atoms. The summed E-state index contributed by atoms with van der Waals surface area (Å²) in [4.78, 5) is 40.8. The van der Waals surface area contributed by atoms with Crippen molar-refractivity contribution in [3.8, 4) is 0 Å². The molecular formula is C29H25F4N3O4. The van der Waals surface area contributed by atoms with E-state index in [2.05, 4.69) is 15.4 Å². The Hall–Kier alpha value is -4.25. The maximum Gasteiger partial charge on any atom is 0.524 e. The summed E-state index contributed by atoms with van der Waals surface area (Å²) >= 11 is 0. The number of ether oxygens (including phenoxy) is 1. The first-order valence-electron chi connectivity index (χ1n) is 12.7. The van der Waals surface area contributed by atoms with Crippen molar-refractivity contribution in [3.05, 3.63) is 101 Å². The van der Waals surface area contributed by atoms with Crippen LogP contribution in [0, 0.1) is 5.82 Å². The Morgan fingerprint density at radius 3 is 2.25 bits per heavy atom. The summed E-state index contributed by atoms with van der Waals surface area (Å²) in [6, 6.07) is 17.8. The first-order valence-corrected chi connectivity index (χ1v) is 12.7. The molecule has 2 aliphatic rings. The van der Waals surface area contributed by atoms with Gasteiger partial charge in [-0.05, 0) is 61.6 Å². The molecule has 3 aromatic rings. The molecule has 0 spiro atoms. The number of hydrogen-bond donors (Lipinski definition) is 2. The van der Waals surface area contributed by atoms with Gasteiger partial charge in [0.2, 0.25) is 5.91 Å². The van der Waals surface area contributed by atoms with Crippen LogP contribution < -0.4 is 15.5 Å². The van der Waals surface area contributed by atoms with Crippen molar-refractivity contribution in [2.24, 2.45) is 0 Å². The molecule has 1 fully saturated rings. The number of rotatable bonds is 7. The van der Waals surface area contributed by atoms with Gasteiger partial charge in [0.15, 0.2) is 6.23 Å². The molecular weight excluding hydrogens is 530 g/mol. The van der Waals surface area contributed by atoms with E-state index >= 15 is 0 Å². The Bertz CT molecular complexity index is 1410. The van der Waals surface area contributed by atoms with Gasteiger partial charge in [0.1, 0.15) is 17.4 Å². The minimum absolute atomic E-state index is 0.00618. The molecule has 1 heterocycles. The molecule has 1 aliphatic heterocycles. The first kappa shape index (κ1) is 27.3. The van der Waals surface area contributed by atoms with Crippen molar-refractivity contribution < 1.29 is 36.7 Å². The van der Waals surface area contributed by atoms with Crippen LogP contribution in [0.3, 0.4) is 0 Å². The summed E-state index contributed by atoms with van der Waals surface area (Å²) in [5, 5.41) is 5.36. The first-order chi connectivity index (χ1) is 19.1.